The Kier molecular flexibility index (Phi) is 1.10. The van der Waals surface area contributed by atoms with Crippen LogP contribution < -0.4 is 0 Å². The lowest BCUT2D eigenvalue weighted by molar-refractivity contribution is 0.816. The molecular weight excluding hydrogens is 185 g/mol. The Balaban J connectivity index is 3.37. The molecule has 0 saturated heterocycles. The van der Waals surface area contributed by atoms with Crippen molar-refractivity contribution in [1.29, 1.82) is 0 Å². The second kappa shape index (κ2) is 3.83. The van der Waals surface area contributed by atoms with Gasteiger partial charge in [-0.15, -0.1) is 0 Å². The van der Waals surface area contributed by atoms with E-state index in [0.29, 0.717) is 0 Å². The van der Waals surface area contributed by atoms with Crippen molar-refractivity contribution in [1.82, 2.24) is 15.0 Å². The molecule has 0 aliphatic rings. The van der Waals surface area contributed by atoms with Gasteiger partial charge in [-0.25, -0.2) is 9.97 Å². The van der Waals surface area contributed by atoms with Gasteiger partial charge in [0.15, 0.2) is 0 Å². The van der Waals surface area contributed by atoms with Crippen LogP contribution in [0, 0.1) is 0 Å². The molecule has 0 spiro atoms. The Morgan fingerprint density at radius 2 is 2.00 bits per heavy atom. The SMILES string of the molecule is [2H]C([2H])([2H])C([2H])([2H])C([2H])([2H])c1nc(Cl)nc(Cl)n1. The zero-order valence-corrected chi connectivity index (χ0v) is 6.61. The largest absolute Gasteiger partial charge is 0.226 e. The molecule has 0 fully saturated rings. The van der Waals surface area contributed by atoms with E-state index in [1.165, 1.54) is 0 Å². The van der Waals surface area contributed by atoms with Crippen molar-refractivity contribution in [3.8, 4) is 0 Å². The van der Waals surface area contributed by atoms with Gasteiger partial charge in [-0.3, -0.25) is 0 Å². The molecular formula is C6H7Cl2N3. The van der Waals surface area contributed by atoms with Crippen LogP contribution in [0.4, 0.5) is 0 Å². The minimum absolute atomic E-state index is 0.449. The second-order valence-electron chi connectivity index (χ2n) is 1.45. The molecule has 0 unspecified atom stereocenters. The van der Waals surface area contributed by atoms with E-state index < -0.39 is 36.0 Å². The summed E-state index contributed by atoms with van der Waals surface area (Å²) in [6.45, 7) is -3.21. The van der Waals surface area contributed by atoms with Gasteiger partial charge in [-0.05, 0) is 29.6 Å². The van der Waals surface area contributed by atoms with E-state index in [1.54, 1.807) is 0 Å². The number of hydrogen-bond acceptors (Lipinski definition) is 3. The summed E-state index contributed by atoms with van der Waals surface area (Å²) >= 11 is 10.9. The summed E-state index contributed by atoms with van der Waals surface area (Å²) in [5.41, 5.74) is 0. The minimum Gasteiger partial charge on any atom is -0.203 e. The van der Waals surface area contributed by atoms with Crippen LogP contribution in [0.15, 0.2) is 0 Å². The number of halogens is 2. The molecule has 0 radical (unpaired) electrons. The average molecular weight is 199 g/mol. The monoisotopic (exact) mass is 198 g/mol. The van der Waals surface area contributed by atoms with Gasteiger partial charge in [-0.1, -0.05) is 6.85 Å². The molecule has 0 saturated carbocycles. The van der Waals surface area contributed by atoms with E-state index in [-0.39, 0.29) is 0 Å². The Hall–Kier alpha value is -0.410. The molecule has 0 amide bonds. The number of aryl methyl sites for hydroxylation is 1. The second-order valence-corrected chi connectivity index (χ2v) is 2.12. The van der Waals surface area contributed by atoms with Crippen LogP contribution in [-0.4, -0.2) is 15.0 Å². The van der Waals surface area contributed by atoms with E-state index in [0.717, 1.165) is 0 Å². The Morgan fingerprint density at radius 1 is 1.36 bits per heavy atom. The highest BCUT2D eigenvalue weighted by Gasteiger charge is 2.00. The summed E-state index contributed by atoms with van der Waals surface area (Å²) in [5.74, 6) is -0.770. The maximum Gasteiger partial charge on any atom is 0.226 e. The van der Waals surface area contributed by atoms with Gasteiger partial charge in [0.2, 0.25) is 10.6 Å². The van der Waals surface area contributed by atoms with Crippen LogP contribution in [0.2, 0.25) is 10.6 Å². The summed E-state index contributed by atoms with van der Waals surface area (Å²) < 4.78 is 51.0. The number of hydrogen-bond donors (Lipinski definition) is 0. The topological polar surface area (TPSA) is 38.7 Å². The molecule has 0 bridgehead atoms. The molecule has 0 aliphatic heterocycles. The minimum atomic E-state index is -3.21. The van der Waals surface area contributed by atoms with Gasteiger partial charge < -0.3 is 0 Å². The fourth-order valence-electron chi connectivity index (χ4n) is 0.438. The lowest BCUT2D eigenvalue weighted by atomic mass is 10.3. The van der Waals surface area contributed by atoms with Crippen LogP contribution in [0.25, 0.3) is 0 Å². The number of aromatic nitrogens is 3. The normalized spacial score (nSPS) is 23.3. The predicted molar refractivity (Wildman–Crippen MR) is 43.8 cm³/mol. The van der Waals surface area contributed by atoms with Gasteiger partial charge in [0, 0.05) is 16.0 Å². The summed E-state index contributed by atoms with van der Waals surface area (Å²) in [6, 6.07) is 0. The Bertz CT molecular complexity index is 441. The van der Waals surface area contributed by atoms with Crippen molar-refractivity contribution >= 4 is 23.2 Å². The van der Waals surface area contributed by atoms with Gasteiger partial charge in [0.05, 0.1) is 0 Å². The van der Waals surface area contributed by atoms with Crippen molar-refractivity contribution in [3.05, 3.63) is 16.4 Å². The highest BCUT2D eigenvalue weighted by Crippen LogP contribution is 2.07. The fraction of sp³-hybridized carbons (Fsp3) is 0.500. The molecule has 11 heavy (non-hydrogen) atoms. The third kappa shape index (κ3) is 2.60. The van der Waals surface area contributed by atoms with E-state index in [9.17, 15) is 0 Å². The van der Waals surface area contributed by atoms with Gasteiger partial charge in [0.25, 0.3) is 0 Å². The first-order chi connectivity index (χ1) is 7.89. The summed E-state index contributed by atoms with van der Waals surface area (Å²) in [7, 11) is 0. The van der Waals surface area contributed by atoms with Crippen LogP contribution in [0.3, 0.4) is 0 Å². The third-order valence-corrected chi connectivity index (χ3v) is 1.09. The summed E-state index contributed by atoms with van der Waals surface area (Å²) in [6.07, 6.45) is -6.22. The number of nitrogens with zero attached hydrogens (tertiary/aromatic N) is 3. The molecule has 1 aromatic rings. The van der Waals surface area contributed by atoms with Crippen molar-refractivity contribution < 1.29 is 9.60 Å². The maximum absolute atomic E-state index is 7.58. The molecule has 0 aliphatic carbocycles. The highest BCUT2D eigenvalue weighted by molar-refractivity contribution is 6.30. The fourth-order valence-corrected chi connectivity index (χ4v) is 0.801. The molecule has 0 N–H and O–H groups in total. The van der Waals surface area contributed by atoms with Crippen molar-refractivity contribution in [2.24, 2.45) is 0 Å². The zero-order valence-electron chi connectivity index (χ0n) is 12.1. The molecule has 1 aromatic heterocycles. The highest BCUT2D eigenvalue weighted by atomic mass is 35.5. The quantitative estimate of drug-likeness (QED) is 0.732. The first-order valence-electron chi connectivity index (χ1n) is 5.97. The number of rotatable bonds is 2. The molecule has 1 rings (SSSR count). The van der Waals surface area contributed by atoms with Crippen molar-refractivity contribution in [3.63, 3.8) is 0 Å². The van der Waals surface area contributed by atoms with E-state index in [1.807, 2.05) is 0 Å². The molecule has 5 heteroatoms. The first-order valence-corrected chi connectivity index (χ1v) is 3.23. The lowest BCUT2D eigenvalue weighted by Crippen LogP contribution is -1.97. The van der Waals surface area contributed by atoms with E-state index in [2.05, 4.69) is 15.0 Å². The molecule has 0 atom stereocenters. The maximum atomic E-state index is 7.58. The van der Waals surface area contributed by atoms with Crippen LogP contribution >= 0.6 is 23.2 Å². The first kappa shape index (κ1) is 3.15. The Morgan fingerprint density at radius 3 is 2.55 bits per heavy atom. The Labute approximate surface area is 84.6 Å². The zero-order chi connectivity index (χ0) is 14.4. The van der Waals surface area contributed by atoms with Crippen LogP contribution in [0.1, 0.15) is 28.6 Å². The van der Waals surface area contributed by atoms with E-state index >= 15 is 0 Å². The average Bonchev–Trinajstić information content (AvgIpc) is 2.13. The van der Waals surface area contributed by atoms with Crippen LogP contribution in [-0.2, 0) is 6.37 Å². The predicted octanol–water partition coefficient (Wildman–Crippen LogP) is 2.13. The standard InChI is InChI=1S/C6H7Cl2N3/c1-2-3-4-9-5(7)11-6(8)10-4/h2-3H2,1H3/i1D3,2D2,3D2. The summed E-state index contributed by atoms with van der Waals surface area (Å²) in [5, 5.41) is -0.898. The van der Waals surface area contributed by atoms with E-state index in [4.69, 9.17) is 32.8 Å². The molecule has 0 aromatic carbocycles. The van der Waals surface area contributed by atoms with Gasteiger partial charge in [0.1, 0.15) is 5.82 Å². The lowest BCUT2D eigenvalue weighted by Gasteiger charge is -1.96. The van der Waals surface area contributed by atoms with Gasteiger partial charge >= 0.3 is 0 Å². The van der Waals surface area contributed by atoms with Crippen LogP contribution in [0.5, 0.6) is 0 Å². The third-order valence-electron chi connectivity index (χ3n) is 0.755. The summed E-state index contributed by atoms with van der Waals surface area (Å²) in [4.78, 5) is 10.1. The van der Waals surface area contributed by atoms with Gasteiger partial charge in [-0.2, -0.15) is 4.98 Å². The molecule has 60 valence electrons. The molecule has 3 nitrogen and oxygen atoms in total. The van der Waals surface area contributed by atoms with Crippen molar-refractivity contribution in [2.45, 2.75) is 19.6 Å². The smallest absolute Gasteiger partial charge is 0.203 e. The van der Waals surface area contributed by atoms with Crippen molar-refractivity contribution in [2.75, 3.05) is 0 Å². The molecule has 1 heterocycles.